The number of carbonyl (C=O) groups excluding carboxylic acids is 1. The summed E-state index contributed by atoms with van der Waals surface area (Å²) in [6, 6.07) is 10.6. The Labute approximate surface area is 89.2 Å². The molecular weight excluding hydrogens is 188 g/mol. The van der Waals surface area contributed by atoms with Gasteiger partial charge in [0, 0.05) is 12.3 Å². The van der Waals surface area contributed by atoms with Gasteiger partial charge in [0.2, 0.25) is 5.91 Å². The molecule has 1 amide bonds. The molecule has 0 fully saturated rings. The lowest BCUT2D eigenvalue weighted by Crippen LogP contribution is -2.33. The van der Waals surface area contributed by atoms with Gasteiger partial charge >= 0.3 is 0 Å². The van der Waals surface area contributed by atoms with Gasteiger partial charge in [-0.1, -0.05) is 31.2 Å². The first kappa shape index (κ1) is 9.90. The van der Waals surface area contributed by atoms with E-state index in [2.05, 4.69) is 23.5 Å². The van der Waals surface area contributed by atoms with Crippen molar-refractivity contribution in [3.05, 3.63) is 35.9 Å². The van der Waals surface area contributed by atoms with Gasteiger partial charge in [-0.3, -0.25) is 4.79 Å². The highest BCUT2D eigenvalue weighted by molar-refractivity contribution is 6.05. The third-order valence-corrected chi connectivity index (χ3v) is 2.63. The minimum absolute atomic E-state index is 0.00749. The van der Waals surface area contributed by atoms with Crippen LogP contribution in [0.1, 0.15) is 25.3 Å². The normalized spacial score (nSPS) is 20.7. The summed E-state index contributed by atoms with van der Waals surface area (Å²) in [6.07, 6.45) is 1.47. The lowest BCUT2D eigenvalue weighted by atomic mass is 9.90. The van der Waals surface area contributed by atoms with E-state index in [0.29, 0.717) is 6.42 Å². The van der Waals surface area contributed by atoms with Crippen LogP contribution in [0.15, 0.2) is 29.4 Å². The third kappa shape index (κ3) is 2.06. The van der Waals surface area contributed by atoms with Crippen molar-refractivity contribution < 1.29 is 4.79 Å². The highest BCUT2D eigenvalue weighted by atomic mass is 16.2. The average Bonchev–Trinajstić information content (AvgIpc) is 2.30. The summed E-state index contributed by atoms with van der Waals surface area (Å²) in [4.78, 5) is 11.2. The van der Waals surface area contributed by atoms with Crippen molar-refractivity contribution in [1.82, 2.24) is 5.43 Å². The second kappa shape index (κ2) is 4.26. The average molecular weight is 201 g/mol. The lowest BCUT2D eigenvalue weighted by molar-refractivity contribution is -0.122. The Balaban J connectivity index is 2.31. The fourth-order valence-corrected chi connectivity index (χ4v) is 1.78. The minimum Gasteiger partial charge on any atom is -0.273 e. The van der Waals surface area contributed by atoms with Crippen molar-refractivity contribution in [2.24, 2.45) is 11.0 Å². The van der Waals surface area contributed by atoms with Crippen LogP contribution in [-0.2, 0) is 4.79 Å². The SMILES string of the molecule is CCC1CC(=O)NN=C1c1cc[c]cc1. The van der Waals surface area contributed by atoms with Gasteiger partial charge in [0.1, 0.15) is 0 Å². The van der Waals surface area contributed by atoms with Gasteiger partial charge in [-0.15, -0.1) is 0 Å². The summed E-state index contributed by atoms with van der Waals surface area (Å²) in [6.45, 7) is 2.08. The summed E-state index contributed by atoms with van der Waals surface area (Å²) >= 11 is 0. The number of hydrogen-bond donors (Lipinski definition) is 1. The predicted octanol–water partition coefficient (Wildman–Crippen LogP) is 1.74. The van der Waals surface area contributed by atoms with E-state index in [4.69, 9.17) is 0 Å². The smallest absolute Gasteiger partial charge is 0.240 e. The molecule has 1 N–H and O–H groups in total. The predicted molar refractivity (Wildman–Crippen MR) is 58.4 cm³/mol. The number of hydrogen-bond acceptors (Lipinski definition) is 2. The third-order valence-electron chi connectivity index (χ3n) is 2.63. The highest BCUT2D eigenvalue weighted by Gasteiger charge is 2.23. The number of benzene rings is 1. The van der Waals surface area contributed by atoms with Crippen molar-refractivity contribution in [2.75, 3.05) is 0 Å². The Hall–Kier alpha value is -1.64. The molecule has 1 unspecified atom stereocenters. The van der Waals surface area contributed by atoms with Gasteiger partial charge in [-0.2, -0.15) is 5.10 Å². The first-order valence-electron chi connectivity index (χ1n) is 5.14. The lowest BCUT2D eigenvalue weighted by Gasteiger charge is -2.21. The Bertz CT molecular complexity index is 384. The molecule has 3 heteroatoms. The monoisotopic (exact) mass is 201 g/mol. The summed E-state index contributed by atoms with van der Waals surface area (Å²) in [5, 5.41) is 4.14. The van der Waals surface area contributed by atoms with Gasteiger partial charge in [-0.25, -0.2) is 5.43 Å². The highest BCUT2D eigenvalue weighted by Crippen LogP contribution is 2.19. The molecule has 1 radical (unpaired) electrons. The first-order valence-corrected chi connectivity index (χ1v) is 5.14. The molecular formula is C12H13N2O. The first-order chi connectivity index (χ1) is 7.31. The second-order valence-corrected chi connectivity index (χ2v) is 3.63. The Kier molecular flexibility index (Phi) is 2.81. The van der Waals surface area contributed by atoms with Crippen LogP contribution in [0.5, 0.6) is 0 Å². The number of amides is 1. The van der Waals surface area contributed by atoms with Crippen molar-refractivity contribution in [3.63, 3.8) is 0 Å². The maximum atomic E-state index is 11.2. The van der Waals surface area contributed by atoms with Crippen LogP contribution in [0, 0.1) is 12.0 Å². The largest absolute Gasteiger partial charge is 0.273 e. The Morgan fingerprint density at radius 2 is 2.27 bits per heavy atom. The van der Waals surface area contributed by atoms with Crippen molar-refractivity contribution in [1.29, 1.82) is 0 Å². The van der Waals surface area contributed by atoms with Gasteiger partial charge in [0.15, 0.2) is 0 Å². The Morgan fingerprint density at radius 1 is 1.53 bits per heavy atom. The molecule has 1 aromatic rings. The van der Waals surface area contributed by atoms with Crippen LogP contribution in [0.3, 0.4) is 0 Å². The fraction of sp³-hybridized carbons (Fsp3) is 0.333. The number of nitrogens with one attached hydrogen (secondary N) is 1. The minimum atomic E-state index is 0.00749. The molecule has 0 saturated heterocycles. The molecule has 1 aliphatic rings. The van der Waals surface area contributed by atoms with E-state index in [1.165, 1.54) is 0 Å². The quantitative estimate of drug-likeness (QED) is 0.778. The molecule has 0 bridgehead atoms. The van der Waals surface area contributed by atoms with E-state index in [1.807, 2.05) is 24.3 Å². The molecule has 77 valence electrons. The van der Waals surface area contributed by atoms with E-state index in [9.17, 15) is 4.79 Å². The molecule has 0 spiro atoms. The molecule has 0 saturated carbocycles. The van der Waals surface area contributed by atoms with E-state index in [0.717, 1.165) is 17.7 Å². The summed E-state index contributed by atoms with van der Waals surface area (Å²) in [5.41, 5.74) is 4.58. The Morgan fingerprint density at radius 3 is 2.93 bits per heavy atom. The molecule has 0 aliphatic carbocycles. The van der Waals surface area contributed by atoms with Crippen LogP contribution in [0.25, 0.3) is 0 Å². The topological polar surface area (TPSA) is 41.5 Å². The molecule has 1 atom stereocenters. The summed E-state index contributed by atoms with van der Waals surface area (Å²) < 4.78 is 0. The number of nitrogens with zero attached hydrogens (tertiary/aromatic N) is 1. The van der Waals surface area contributed by atoms with Gasteiger partial charge in [-0.05, 0) is 18.1 Å². The van der Waals surface area contributed by atoms with Crippen LogP contribution in [0.4, 0.5) is 0 Å². The van der Waals surface area contributed by atoms with E-state index >= 15 is 0 Å². The van der Waals surface area contributed by atoms with E-state index < -0.39 is 0 Å². The number of hydrazone groups is 1. The second-order valence-electron chi connectivity index (χ2n) is 3.63. The van der Waals surface area contributed by atoms with Crippen LogP contribution < -0.4 is 5.43 Å². The van der Waals surface area contributed by atoms with Gasteiger partial charge in [0.05, 0.1) is 5.71 Å². The van der Waals surface area contributed by atoms with E-state index in [1.54, 1.807) is 0 Å². The maximum absolute atomic E-state index is 11.2. The van der Waals surface area contributed by atoms with Crippen molar-refractivity contribution in [2.45, 2.75) is 19.8 Å². The molecule has 3 nitrogen and oxygen atoms in total. The summed E-state index contributed by atoms with van der Waals surface area (Å²) in [5.74, 6) is 0.245. The molecule has 0 aromatic heterocycles. The van der Waals surface area contributed by atoms with Crippen molar-refractivity contribution >= 4 is 11.6 Å². The standard InChI is InChI=1S/C12H13N2O/c1-2-9-8-11(15)13-14-12(9)10-6-4-3-5-7-10/h4-7,9H,2,8H2,1H3,(H,13,15). The van der Waals surface area contributed by atoms with Crippen molar-refractivity contribution in [3.8, 4) is 0 Å². The number of carbonyl (C=O) groups is 1. The zero-order chi connectivity index (χ0) is 10.7. The molecule has 1 aromatic carbocycles. The summed E-state index contributed by atoms with van der Waals surface area (Å²) in [7, 11) is 0. The number of rotatable bonds is 2. The van der Waals surface area contributed by atoms with Gasteiger partial charge in [0.25, 0.3) is 0 Å². The fourth-order valence-electron chi connectivity index (χ4n) is 1.78. The van der Waals surface area contributed by atoms with Crippen LogP contribution in [0.2, 0.25) is 0 Å². The van der Waals surface area contributed by atoms with E-state index in [-0.39, 0.29) is 11.8 Å². The zero-order valence-electron chi connectivity index (χ0n) is 8.66. The van der Waals surface area contributed by atoms with Crippen LogP contribution >= 0.6 is 0 Å². The zero-order valence-corrected chi connectivity index (χ0v) is 8.66. The molecule has 2 rings (SSSR count). The maximum Gasteiger partial charge on any atom is 0.240 e. The van der Waals surface area contributed by atoms with Crippen LogP contribution in [-0.4, -0.2) is 11.6 Å². The molecule has 1 heterocycles. The molecule has 15 heavy (non-hydrogen) atoms. The van der Waals surface area contributed by atoms with Gasteiger partial charge < -0.3 is 0 Å². The molecule has 1 aliphatic heterocycles.